The topological polar surface area (TPSA) is 66.6 Å². The summed E-state index contributed by atoms with van der Waals surface area (Å²) in [6.45, 7) is 6.50. The summed E-state index contributed by atoms with van der Waals surface area (Å²) in [6.07, 6.45) is 4.06. The smallest absolute Gasteiger partial charge is 0.187 e. The summed E-state index contributed by atoms with van der Waals surface area (Å²) in [4.78, 5) is 17.9. The monoisotopic (exact) mass is 371 g/mol. The third-order valence-electron chi connectivity index (χ3n) is 5.26. The number of piperidine rings is 1. The fourth-order valence-electron chi connectivity index (χ4n) is 3.67. The first-order chi connectivity index (χ1) is 13.0. The Hall–Kier alpha value is -2.47. The predicted molar refractivity (Wildman–Crippen MR) is 108 cm³/mol. The zero-order chi connectivity index (χ0) is 19.4. The van der Waals surface area contributed by atoms with Crippen LogP contribution in [0.15, 0.2) is 29.2 Å². The molecule has 1 aromatic heterocycles. The number of methoxy groups -OCH3 is 2. The van der Waals surface area contributed by atoms with Gasteiger partial charge in [-0.3, -0.25) is 9.69 Å². The highest BCUT2D eigenvalue weighted by Crippen LogP contribution is 2.30. The SMILES string of the molecule is COc1ccc(N[C@@H]2CCCN(Cc3[nH]cc(C)c(=O)c3C)C2)cc1OC. The molecule has 3 rings (SSSR count). The van der Waals surface area contributed by atoms with Gasteiger partial charge in [0.1, 0.15) is 0 Å². The Labute approximate surface area is 160 Å². The van der Waals surface area contributed by atoms with Crippen LogP contribution in [0.3, 0.4) is 0 Å². The fourth-order valence-corrected chi connectivity index (χ4v) is 3.67. The van der Waals surface area contributed by atoms with Crippen LogP contribution < -0.4 is 20.2 Å². The Morgan fingerprint density at radius 1 is 1.22 bits per heavy atom. The summed E-state index contributed by atoms with van der Waals surface area (Å²) < 4.78 is 10.7. The summed E-state index contributed by atoms with van der Waals surface area (Å²) in [5, 5.41) is 3.61. The molecule has 0 amide bonds. The molecule has 1 fully saturated rings. The Morgan fingerprint density at radius 3 is 2.74 bits per heavy atom. The van der Waals surface area contributed by atoms with Crippen LogP contribution in [0.1, 0.15) is 29.7 Å². The van der Waals surface area contributed by atoms with Crippen molar-refractivity contribution in [2.24, 2.45) is 0 Å². The Balaban J connectivity index is 1.66. The largest absolute Gasteiger partial charge is 0.493 e. The van der Waals surface area contributed by atoms with E-state index in [-0.39, 0.29) is 5.43 Å². The van der Waals surface area contributed by atoms with E-state index >= 15 is 0 Å². The van der Waals surface area contributed by atoms with Crippen LogP contribution in [0.2, 0.25) is 0 Å². The first kappa shape index (κ1) is 19.3. The number of rotatable bonds is 6. The Morgan fingerprint density at radius 2 is 2.00 bits per heavy atom. The summed E-state index contributed by atoms with van der Waals surface area (Å²) in [6, 6.07) is 6.26. The quantitative estimate of drug-likeness (QED) is 0.817. The molecule has 1 aliphatic heterocycles. The molecule has 1 aliphatic rings. The second-order valence-corrected chi connectivity index (χ2v) is 7.19. The molecule has 1 atom stereocenters. The predicted octanol–water partition coefficient (Wildman–Crippen LogP) is 3.09. The molecule has 1 aromatic carbocycles. The lowest BCUT2D eigenvalue weighted by atomic mass is 10.0. The third-order valence-corrected chi connectivity index (χ3v) is 5.26. The Bertz CT molecular complexity index is 847. The minimum Gasteiger partial charge on any atom is -0.493 e. The van der Waals surface area contributed by atoms with Gasteiger partial charge in [-0.25, -0.2) is 0 Å². The number of nitrogens with one attached hydrogen (secondary N) is 2. The highest BCUT2D eigenvalue weighted by atomic mass is 16.5. The molecule has 0 bridgehead atoms. The molecule has 27 heavy (non-hydrogen) atoms. The molecule has 0 spiro atoms. The van der Waals surface area contributed by atoms with Crippen LogP contribution in [0.25, 0.3) is 0 Å². The van der Waals surface area contributed by atoms with Crippen molar-refractivity contribution in [3.63, 3.8) is 0 Å². The van der Waals surface area contributed by atoms with Crippen LogP contribution in [-0.4, -0.2) is 43.2 Å². The van der Waals surface area contributed by atoms with E-state index in [0.717, 1.165) is 66.5 Å². The van der Waals surface area contributed by atoms with Crippen molar-refractivity contribution in [2.45, 2.75) is 39.3 Å². The number of hydrogen-bond donors (Lipinski definition) is 2. The van der Waals surface area contributed by atoms with Crippen LogP contribution in [0.4, 0.5) is 5.69 Å². The van der Waals surface area contributed by atoms with Gasteiger partial charge >= 0.3 is 0 Å². The van der Waals surface area contributed by atoms with E-state index < -0.39 is 0 Å². The van der Waals surface area contributed by atoms with E-state index in [2.05, 4.69) is 15.2 Å². The second-order valence-electron chi connectivity index (χ2n) is 7.19. The minimum atomic E-state index is 0.140. The maximum absolute atomic E-state index is 12.2. The third kappa shape index (κ3) is 4.45. The molecule has 146 valence electrons. The van der Waals surface area contributed by atoms with Crippen LogP contribution >= 0.6 is 0 Å². The van der Waals surface area contributed by atoms with Crippen molar-refractivity contribution in [3.8, 4) is 11.5 Å². The lowest BCUT2D eigenvalue weighted by molar-refractivity contribution is 0.206. The number of H-pyrrole nitrogens is 1. The molecule has 2 N–H and O–H groups in total. The molecule has 2 heterocycles. The zero-order valence-corrected chi connectivity index (χ0v) is 16.6. The number of benzene rings is 1. The highest BCUT2D eigenvalue weighted by Gasteiger charge is 2.21. The summed E-state index contributed by atoms with van der Waals surface area (Å²) in [5.74, 6) is 1.45. The highest BCUT2D eigenvalue weighted by molar-refractivity contribution is 5.55. The van der Waals surface area contributed by atoms with E-state index in [0.29, 0.717) is 6.04 Å². The fraction of sp³-hybridized carbons (Fsp3) is 0.476. The average Bonchev–Trinajstić information content (AvgIpc) is 2.68. The molecule has 6 heteroatoms. The van der Waals surface area contributed by atoms with Gasteiger partial charge in [0.05, 0.1) is 14.2 Å². The van der Waals surface area contributed by atoms with Crippen molar-refractivity contribution in [1.29, 1.82) is 0 Å². The number of likely N-dealkylation sites (tertiary alicyclic amines) is 1. The lowest BCUT2D eigenvalue weighted by Gasteiger charge is -2.34. The summed E-state index contributed by atoms with van der Waals surface area (Å²) >= 11 is 0. The number of ether oxygens (including phenoxy) is 2. The molecule has 0 radical (unpaired) electrons. The maximum Gasteiger partial charge on any atom is 0.187 e. The number of aromatic nitrogens is 1. The molecular weight excluding hydrogens is 342 g/mol. The van der Waals surface area contributed by atoms with Gasteiger partial charge in [-0.2, -0.15) is 0 Å². The van der Waals surface area contributed by atoms with Gasteiger partial charge in [-0.1, -0.05) is 0 Å². The number of aromatic amines is 1. The van der Waals surface area contributed by atoms with Crippen LogP contribution in [0.5, 0.6) is 11.5 Å². The van der Waals surface area contributed by atoms with E-state index in [1.807, 2.05) is 38.2 Å². The minimum absolute atomic E-state index is 0.140. The van der Waals surface area contributed by atoms with Crippen molar-refractivity contribution >= 4 is 5.69 Å². The number of anilines is 1. The lowest BCUT2D eigenvalue weighted by Crippen LogP contribution is -2.42. The molecule has 0 unspecified atom stereocenters. The van der Waals surface area contributed by atoms with Gasteiger partial charge in [0.2, 0.25) is 0 Å². The average molecular weight is 371 g/mol. The van der Waals surface area contributed by atoms with Crippen LogP contribution in [0, 0.1) is 13.8 Å². The van der Waals surface area contributed by atoms with Gasteiger partial charge in [0, 0.05) is 53.9 Å². The molecule has 0 aliphatic carbocycles. The van der Waals surface area contributed by atoms with Gasteiger partial charge in [0.25, 0.3) is 0 Å². The number of nitrogens with zero attached hydrogens (tertiary/aromatic N) is 1. The second kappa shape index (κ2) is 8.48. The van der Waals surface area contributed by atoms with E-state index in [4.69, 9.17) is 9.47 Å². The summed E-state index contributed by atoms with van der Waals surface area (Å²) in [7, 11) is 3.29. The normalized spacial score (nSPS) is 17.6. The first-order valence-corrected chi connectivity index (χ1v) is 9.40. The number of aryl methyl sites for hydroxylation is 1. The van der Waals surface area contributed by atoms with Crippen molar-refractivity contribution in [3.05, 3.63) is 51.4 Å². The van der Waals surface area contributed by atoms with E-state index in [1.54, 1.807) is 14.2 Å². The van der Waals surface area contributed by atoms with Gasteiger partial charge in [-0.15, -0.1) is 0 Å². The Kier molecular flexibility index (Phi) is 6.06. The first-order valence-electron chi connectivity index (χ1n) is 9.40. The number of pyridine rings is 1. The van der Waals surface area contributed by atoms with Crippen molar-refractivity contribution < 1.29 is 9.47 Å². The van der Waals surface area contributed by atoms with Crippen molar-refractivity contribution in [1.82, 2.24) is 9.88 Å². The molecule has 0 saturated carbocycles. The zero-order valence-electron chi connectivity index (χ0n) is 16.6. The van der Waals surface area contributed by atoms with E-state index in [1.165, 1.54) is 0 Å². The number of hydrogen-bond acceptors (Lipinski definition) is 5. The van der Waals surface area contributed by atoms with Crippen molar-refractivity contribution in [2.75, 3.05) is 32.6 Å². The van der Waals surface area contributed by atoms with Gasteiger partial charge in [-0.05, 0) is 45.4 Å². The standard InChI is InChI=1S/C21H29N3O3/c1-14-11-22-18(15(2)21(14)25)13-24-9-5-6-17(12-24)23-16-7-8-19(26-3)20(10-16)27-4/h7-8,10-11,17,23H,5-6,9,12-13H2,1-4H3,(H,22,25)/t17-/m1/s1. The van der Waals surface area contributed by atoms with Gasteiger partial charge < -0.3 is 19.8 Å². The molecule has 1 saturated heterocycles. The van der Waals surface area contributed by atoms with Gasteiger partial charge in [0.15, 0.2) is 16.9 Å². The molecule has 2 aromatic rings. The summed E-state index contributed by atoms with van der Waals surface area (Å²) in [5.41, 5.74) is 3.77. The van der Waals surface area contributed by atoms with E-state index in [9.17, 15) is 4.79 Å². The molecular formula is C21H29N3O3. The molecule has 6 nitrogen and oxygen atoms in total. The maximum atomic E-state index is 12.2. The van der Waals surface area contributed by atoms with Crippen LogP contribution in [-0.2, 0) is 6.54 Å².